The van der Waals surface area contributed by atoms with E-state index >= 15 is 0 Å². The van der Waals surface area contributed by atoms with Crippen molar-refractivity contribution in [1.29, 1.82) is 0 Å². The number of aromatic nitrogens is 2. The molecular weight excluding hydrogens is 344 g/mol. The summed E-state index contributed by atoms with van der Waals surface area (Å²) in [6.45, 7) is 1.88. The van der Waals surface area contributed by atoms with Crippen LogP contribution in [0.1, 0.15) is 16.7 Å². The molecule has 4 nitrogen and oxygen atoms in total. The Morgan fingerprint density at radius 2 is 1.68 bits per heavy atom. The van der Waals surface area contributed by atoms with E-state index in [0.717, 1.165) is 24.1 Å². The van der Waals surface area contributed by atoms with Gasteiger partial charge >= 0.3 is 0 Å². The lowest BCUT2D eigenvalue weighted by molar-refractivity contribution is 0.409. The van der Waals surface area contributed by atoms with Crippen molar-refractivity contribution in [3.8, 4) is 0 Å². The molecule has 136 valence electrons. The summed E-state index contributed by atoms with van der Waals surface area (Å²) in [7, 11) is 0. The summed E-state index contributed by atoms with van der Waals surface area (Å²) in [5, 5.41) is 4.57. The Bertz CT molecular complexity index is 1100. The van der Waals surface area contributed by atoms with E-state index in [-0.39, 0.29) is 0 Å². The fourth-order valence-corrected chi connectivity index (χ4v) is 3.70. The predicted molar refractivity (Wildman–Crippen MR) is 114 cm³/mol. The van der Waals surface area contributed by atoms with E-state index < -0.39 is 0 Å². The fourth-order valence-electron chi connectivity index (χ4n) is 3.70. The average molecular weight is 364 g/mol. The number of nitrogens with zero attached hydrogens (tertiary/aromatic N) is 3. The SMILES string of the molecule is C1=C2c3ccccc3NCN2Cc2ccccc21.c1ccc2ncncc2c1. The molecule has 4 aromatic rings. The first-order chi connectivity index (χ1) is 13.9. The monoisotopic (exact) mass is 364 g/mol. The Hall–Kier alpha value is -3.66. The molecule has 4 heteroatoms. The number of nitrogens with one attached hydrogen (secondary N) is 1. The molecule has 2 aliphatic heterocycles. The van der Waals surface area contributed by atoms with E-state index in [1.807, 2.05) is 30.5 Å². The number of rotatable bonds is 0. The highest BCUT2D eigenvalue weighted by molar-refractivity contribution is 5.89. The summed E-state index contributed by atoms with van der Waals surface area (Å²) >= 11 is 0. The van der Waals surface area contributed by atoms with E-state index in [1.165, 1.54) is 28.1 Å². The molecule has 0 fully saturated rings. The second-order valence-corrected chi connectivity index (χ2v) is 6.89. The van der Waals surface area contributed by atoms with E-state index in [1.54, 1.807) is 6.33 Å². The van der Waals surface area contributed by atoms with Crippen LogP contribution in [0.4, 0.5) is 5.69 Å². The van der Waals surface area contributed by atoms with Gasteiger partial charge in [0, 0.05) is 35.1 Å². The number of para-hydroxylation sites is 2. The van der Waals surface area contributed by atoms with Crippen LogP contribution in [0.5, 0.6) is 0 Å². The molecule has 0 radical (unpaired) electrons. The van der Waals surface area contributed by atoms with Gasteiger partial charge in [-0.05, 0) is 29.3 Å². The quantitative estimate of drug-likeness (QED) is 0.476. The minimum Gasteiger partial charge on any atom is -0.367 e. The Kier molecular flexibility index (Phi) is 4.22. The smallest absolute Gasteiger partial charge is 0.116 e. The molecule has 28 heavy (non-hydrogen) atoms. The number of hydrogen-bond acceptors (Lipinski definition) is 4. The molecule has 0 aliphatic carbocycles. The third-order valence-electron chi connectivity index (χ3n) is 5.13. The van der Waals surface area contributed by atoms with Gasteiger partial charge < -0.3 is 10.2 Å². The van der Waals surface area contributed by atoms with Crippen molar-refractivity contribution >= 4 is 28.4 Å². The van der Waals surface area contributed by atoms with Crippen LogP contribution in [-0.4, -0.2) is 21.5 Å². The molecule has 1 aromatic heterocycles. The van der Waals surface area contributed by atoms with Gasteiger partial charge in [0.15, 0.2) is 0 Å². The average Bonchev–Trinajstić information content (AvgIpc) is 2.78. The second-order valence-electron chi connectivity index (χ2n) is 6.89. The molecule has 0 atom stereocenters. The van der Waals surface area contributed by atoms with Crippen molar-refractivity contribution in [2.45, 2.75) is 6.54 Å². The molecule has 0 bridgehead atoms. The molecule has 3 heterocycles. The van der Waals surface area contributed by atoms with Gasteiger partial charge in [0.05, 0.1) is 12.2 Å². The molecule has 6 rings (SSSR count). The molecule has 0 saturated heterocycles. The van der Waals surface area contributed by atoms with Crippen molar-refractivity contribution < 1.29 is 0 Å². The maximum atomic E-state index is 4.07. The van der Waals surface area contributed by atoms with Gasteiger partial charge in [-0.3, -0.25) is 0 Å². The summed E-state index contributed by atoms with van der Waals surface area (Å²) < 4.78 is 0. The Morgan fingerprint density at radius 1 is 0.857 bits per heavy atom. The topological polar surface area (TPSA) is 41.0 Å². The van der Waals surface area contributed by atoms with E-state index in [4.69, 9.17) is 0 Å². The number of hydrogen-bond donors (Lipinski definition) is 1. The van der Waals surface area contributed by atoms with Gasteiger partial charge in [0.25, 0.3) is 0 Å². The Labute approximate surface area is 164 Å². The van der Waals surface area contributed by atoms with Crippen LogP contribution in [-0.2, 0) is 6.54 Å². The zero-order valence-corrected chi connectivity index (χ0v) is 15.4. The molecule has 2 aliphatic rings. The third-order valence-corrected chi connectivity index (χ3v) is 5.13. The van der Waals surface area contributed by atoms with Crippen LogP contribution >= 0.6 is 0 Å². The summed E-state index contributed by atoms with van der Waals surface area (Å²) in [5.41, 5.74) is 7.63. The van der Waals surface area contributed by atoms with Gasteiger partial charge in [-0.1, -0.05) is 60.7 Å². The zero-order valence-electron chi connectivity index (χ0n) is 15.4. The standard InChI is InChI=1S/C16H14N2.C8H6N2/c1-2-6-13-10-18-11-17-15-8-4-3-7-14(15)16(18)9-12(13)5-1;1-2-4-8-7(3-1)5-9-6-10-8/h1-9,17H,10-11H2;1-6H. The lowest BCUT2D eigenvalue weighted by Gasteiger charge is -2.37. The minimum absolute atomic E-state index is 0.886. The Balaban J connectivity index is 0.000000145. The predicted octanol–water partition coefficient (Wildman–Crippen LogP) is 5.01. The highest BCUT2D eigenvalue weighted by Gasteiger charge is 2.23. The van der Waals surface area contributed by atoms with E-state index in [0.29, 0.717) is 0 Å². The van der Waals surface area contributed by atoms with Gasteiger partial charge in [-0.15, -0.1) is 0 Å². The second kappa shape index (κ2) is 7.16. The summed E-state index contributed by atoms with van der Waals surface area (Å²) in [6, 6.07) is 25.1. The van der Waals surface area contributed by atoms with Gasteiger partial charge in [0.1, 0.15) is 6.33 Å². The normalized spacial score (nSPS) is 13.9. The molecule has 1 N–H and O–H groups in total. The molecule has 3 aromatic carbocycles. The fraction of sp³-hybridized carbons (Fsp3) is 0.0833. The van der Waals surface area contributed by atoms with E-state index in [2.05, 4.69) is 74.8 Å². The van der Waals surface area contributed by atoms with Crippen LogP contribution in [0.2, 0.25) is 0 Å². The van der Waals surface area contributed by atoms with Gasteiger partial charge in [-0.2, -0.15) is 0 Å². The van der Waals surface area contributed by atoms with Crippen molar-refractivity contribution in [2.75, 3.05) is 12.0 Å². The van der Waals surface area contributed by atoms with Gasteiger partial charge in [0.2, 0.25) is 0 Å². The molecule has 0 unspecified atom stereocenters. The highest BCUT2D eigenvalue weighted by atomic mass is 15.3. The summed E-state index contributed by atoms with van der Waals surface area (Å²) in [6.07, 6.45) is 5.67. The van der Waals surface area contributed by atoms with Crippen molar-refractivity contribution in [3.63, 3.8) is 0 Å². The van der Waals surface area contributed by atoms with Crippen molar-refractivity contribution in [1.82, 2.24) is 14.9 Å². The number of benzene rings is 3. The first-order valence-electron chi connectivity index (χ1n) is 9.41. The largest absolute Gasteiger partial charge is 0.367 e. The van der Waals surface area contributed by atoms with Crippen LogP contribution in [0.3, 0.4) is 0 Å². The first kappa shape index (κ1) is 16.5. The van der Waals surface area contributed by atoms with Crippen LogP contribution in [0, 0.1) is 0 Å². The summed E-state index contributed by atoms with van der Waals surface area (Å²) in [4.78, 5) is 10.4. The highest BCUT2D eigenvalue weighted by Crippen LogP contribution is 2.36. The van der Waals surface area contributed by atoms with E-state index in [9.17, 15) is 0 Å². The van der Waals surface area contributed by atoms with Crippen molar-refractivity contribution in [3.05, 3.63) is 102 Å². The molecule has 0 saturated carbocycles. The first-order valence-corrected chi connectivity index (χ1v) is 9.41. The van der Waals surface area contributed by atoms with Crippen LogP contribution in [0.25, 0.3) is 22.7 Å². The zero-order chi connectivity index (χ0) is 18.8. The molecule has 0 amide bonds. The maximum absolute atomic E-state index is 4.07. The van der Waals surface area contributed by atoms with Crippen molar-refractivity contribution in [2.24, 2.45) is 0 Å². The minimum atomic E-state index is 0.886. The maximum Gasteiger partial charge on any atom is 0.116 e. The Morgan fingerprint density at radius 3 is 2.64 bits per heavy atom. The lowest BCUT2D eigenvalue weighted by atomic mass is 9.96. The number of anilines is 1. The molecular formula is C24H20N4. The lowest BCUT2D eigenvalue weighted by Crippen LogP contribution is -2.33. The number of fused-ring (bicyclic) bond motifs is 5. The van der Waals surface area contributed by atoms with Gasteiger partial charge in [-0.25, -0.2) is 9.97 Å². The third kappa shape index (κ3) is 3.09. The van der Waals surface area contributed by atoms with Crippen LogP contribution < -0.4 is 5.32 Å². The van der Waals surface area contributed by atoms with Crippen LogP contribution in [0.15, 0.2) is 85.3 Å². The molecule has 0 spiro atoms. The summed E-state index contributed by atoms with van der Waals surface area (Å²) in [5.74, 6) is 0.